The van der Waals surface area contributed by atoms with Gasteiger partial charge in [0.25, 0.3) is 0 Å². The quantitative estimate of drug-likeness (QED) is 0.792. The third-order valence-electron chi connectivity index (χ3n) is 7.36. The Morgan fingerprint density at radius 1 is 1.12 bits per heavy atom. The molecule has 0 spiro atoms. The van der Waals surface area contributed by atoms with Gasteiger partial charge in [-0.3, -0.25) is 9.59 Å². The third kappa shape index (κ3) is 3.37. The molecule has 1 heterocycles. The maximum atomic E-state index is 13.6. The van der Waals surface area contributed by atoms with Crippen molar-refractivity contribution in [3.05, 3.63) is 0 Å². The van der Waals surface area contributed by atoms with Crippen LogP contribution < -0.4 is 5.32 Å². The Kier molecular flexibility index (Phi) is 5.88. The number of halogens is 1. The van der Waals surface area contributed by atoms with Crippen LogP contribution in [0.15, 0.2) is 0 Å². The predicted octanol–water partition coefficient (Wildman–Crippen LogP) is 2.29. The maximum absolute atomic E-state index is 13.6. The molecule has 5 aliphatic rings. The first-order chi connectivity index (χ1) is 12.0. The highest BCUT2D eigenvalue weighted by atomic mass is 35.5. The standard InChI is InChI=1S/C20H33N3O2.ClH/c1-21-5-7-22(2)18(24)17-4-3-6-23(17)19(25)20-11-14-8-15(12-20)10-16(9-14)13-20;/h14-17,21H,3-13H2,1-2H3;1H. The lowest BCUT2D eigenvalue weighted by Crippen LogP contribution is -2.57. The van der Waals surface area contributed by atoms with Crippen molar-refractivity contribution >= 4 is 24.2 Å². The van der Waals surface area contributed by atoms with Gasteiger partial charge in [0.1, 0.15) is 6.04 Å². The van der Waals surface area contributed by atoms with Crippen molar-refractivity contribution in [2.24, 2.45) is 23.2 Å². The van der Waals surface area contributed by atoms with Crippen LogP contribution in [-0.4, -0.2) is 61.4 Å². The van der Waals surface area contributed by atoms with E-state index in [1.807, 2.05) is 19.0 Å². The molecule has 5 fully saturated rings. The summed E-state index contributed by atoms with van der Waals surface area (Å²) in [6.07, 6.45) is 9.11. The van der Waals surface area contributed by atoms with Gasteiger partial charge in [0.15, 0.2) is 0 Å². The highest BCUT2D eigenvalue weighted by molar-refractivity contribution is 5.91. The average Bonchev–Trinajstić information content (AvgIpc) is 3.06. The summed E-state index contributed by atoms with van der Waals surface area (Å²) < 4.78 is 0. The van der Waals surface area contributed by atoms with Gasteiger partial charge in [-0.25, -0.2) is 0 Å². The fourth-order valence-electron chi connectivity index (χ4n) is 6.59. The van der Waals surface area contributed by atoms with Crippen LogP contribution in [-0.2, 0) is 9.59 Å². The summed E-state index contributed by atoms with van der Waals surface area (Å²) >= 11 is 0. The van der Waals surface area contributed by atoms with E-state index < -0.39 is 0 Å². The minimum Gasteiger partial charge on any atom is -0.343 e. The van der Waals surface area contributed by atoms with E-state index in [9.17, 15) is 9.59 Å². The zero-order valence-electron chi connectivity index (χ0n) is 16.2. The number of carbonyl (C=O) groups is 2. The summed E-state index contributed by atoms with van der Waals surface area (Å²) in [5.74, 6) is 2.76. The van der Waals surface area contributed by atoms with Gasteiger partial charge in [0, 0.05) is 26.7 Å². The highest BCUT2D eigenvalue weighted by Gasteiger charge is 2.56. The summed E-state index contributed by atoms with van der Waals surface area (Å²) in [6.45, 7) is 2.26. The molecule has 4 bridgehead atoms. The molecule has 5 rings (SSSR count). The van der Waals surface area contributed by atoms with Crippen molar-refractivity contribution in [1.29, 1.82) is 0 Å². The van der Waals surface area contributed by atoms with Gasteiger partial charge in [-0.1, -0.05) is 0 Å². The molecule has 0 aromatic carbocycles. The minimum absolute atomic E-state index is 0. The van der Waals surface area contributed by atoms with E-state index in [2.05, 4.69) is 5.32 Å². The lowest BCUT2D eigenvalue weighted by molar-refractivity contribution is -0.161. The molecule has 5 nitrogen and oxygen atoms in total. The zero-order valence-corrected chi connectivity index (χ0v) is 17.0. The first kappa shape index (κ1) is 19.9. The molecule has 1 aliphatic heterocycles. The maximum Gasteiger partial charge on any atom is 0.245 e. The van der Waals surface area contributed by atoms with E-state index in [0.717, 1.165) is 62.9 Å². The normalized spacial score (nSPS) is 37.5. The third-order valence-corrected chi connectivity index (χ3v) is 7.36. The van der Waals surface area contributed by atoms with Crippen molar-refractivity contribution in [3.63, 3.8) is 0 Å². The van der Waals surface area contributed by atoms with Crippen molar-refractivity contribution < 1.29 is 9.59 Å². The molecule has 4 saturated carbocycles. The number of carbonyl (C=O) groups excluding carboxylic acids is 2. The molecule has 1 saturated heterocycles. The van der Waals surface area contributed by atoms with Crippen LogP contribution in [0.25, 0.3) is 0 Å². The SMILES string of the molecule is CNCCN(C)C(=O)C1CCCN1C(=O)C12CC3CC(CC(C3)C1)C2.Cl. The molecule has 0 aromatic heterocycles. The second-order valence-corrected chi connectivity index (χ2v) is 9.22. The Morgan fingerprint density at radius 3 is 2.23 bits per heavy atom. The first-order valence-electron chi connectivity index (χ1n) is 10.2. The number of likely N-dealkylation sites (tertiary alicyclic amines) is 1. The topological polar surface area (TPSA) is 52.7 Å². The number of rotatable bonds is 5. The predicted molar refractivity (Wildman–Crippen MR) is 104 cm³/mol. The Balaban J connectivity index is 0.00000196. The highest BCUT2D eigenvalue weighted by Crippen LogP contribution is 2.60. The molecule has 0 radical (unpaired) electrons. The number of hydrogen-bond acceptors (Lipinski definition) is 3. The Hall–Kier alpha value is -0.810. The number of amides is 2. The average molecular weight is 384 g/mol. The van der Waals surface area contributed by atoms with E-state index in [1.54, 1.807) is 4.90 Å². The van der Waals surface area contributed by atoms with Gasteiger partial charge >= 0.3 is 0 Å². The van der Waals surface area contributed by atoms with E-state index in [-0.39, 0.29) is 29.8 Å². The van der Waals surface area contributed by atoms with Gasteiger partial charge in [0.2, 0.25) is 11.8 Å². The van der Waals surface area contributed by atoms with E-state index in [0.29, 0.717) is 12.5 Å². The van der Waals surface area contributed by atoms with Gasteiger partial charge < -0.3 is 15.1 Å². The monoisotopic (exact) mass is 383 g/mol. The van der Waals surface area contributed by atoms with E-state index in [4.69, 9.17) is 0 Å². The summed E-state index contributed by atoms with van der Waals surface area (Å²) in [4.78, 5) is 30.3. The molecule has 4 aliphatic carbocycles. The van der Waals surface area contributed by atoms with Crippen LogP contribution in [0.4, 0.5) is 0 Å². The summed E-state index contributed by atoms with van der Waals surface area (Å²) in [6, 6.07) is -0.220. The largest absolute Gasteiger partial charge is 0.343 e. The Bertz CT molecular complexity index is 518. The summed E-state index contributed by atoms with van der Waals surface area (Å²) in [5, 5.41) is 3.09. The first-order valence-corrected chi connectivity index (χ1v) is 10.2. The fraction of sp³-hybridized carbons (Fsp3) is 0.900. The van der Waals surface area contributed by atoms with Crippen molar-refractivity contribution in [2.45, 2.75) is 57.4 Å². The molecule has 6 heteroatoms. The second-order valence-electron chi connectivity index (χ2n) is 9.22. The van der Waals surface area contributed by atoms with Gasteiger partial charge in [-0.15, -0.1) is 12.4 Å². The van der Waals surface area contributed by atoms with E-state index in [1.165, 1.54) is 19.3 Å². The Labute approximate surface area is 163 Å². The molecule has 148 valence electrons. The van der Waals surface area contributed by atoms with Crippen LogP contribution >= 0.6 is 12.4 Å². The van der Waals surface area contributed by atoms with Crippen LogP contribution in [0.5, 0.6) is 0 Å². The van der Waals surface area contributed by atoms with Crippen LogP contribution in [0, 0.1) is 23.2 Å². The second kappa shape index (κ2) is 7.67. The number of likely N-dealkylation sites (N-methyl/N-ethyl adjacent to an activating group) is 2. The zero-order chi connectivity index (χ0) is 17.6. The van der Waals surface area contributed by atoms with Crippen LogP contribution in [0.1, 0.15) is 51.4 Å². The number of nitrogens with one attached hydrogen (secondary N) is 1. The van der Waals surface area contributed by atoms with Crippen LogP contribution in [0.2, 0.25) is 0 Å². The molecule has 0 aromatic rings. The van der Waals surface area contributed by atoms with Gasteiger partial charge in [0.05, 0.1) is 5.41 Å². The molecular formula is C20H34ClN3O2. The van der Waals surface area contributed by atoms with Crippen molar-refractivity contribution in [1.82, 2.24) is 15.1 Å². The molecular weight excluding hydrogens is 350 g/mol. The van der Waals surface area contributed by atoms with Crippen molar-refractivity contribution in [2.75, 3.05) is 33.7 Å². The lowest BCUT2D eigenvalue weighted by atomic mass is 9.49. The molecule has 2 amide bonds. The summed E-state index contributed by atoms with van der Waals surface area (Å²) in [5.41, 5.74) is -0.124. The fourth-order valence-corrected chi connectivity index (χ4v) is 6.59. The molecule has 1 atom stereocenters. The van der Waals surface area contributed by atoms with Gasteiger partial charge in [-0.05, 0) is 76.2 Å². The van der Waals surface area contributed by atoms with Crippen molar-refractivity contribution in [3.8, 4) is 0 Å². The Morgan fingerprint density at radius 2 is 1.69 bits per heavy atom. The number of nitrogens with zero attached hydrogens (tertiary/aromatic N) is 2. The molecule has 26 heavy (non-hydrogen) atoms. The summed E-state index contributed by atoms with van der Waals surface area (Å²) in [7, 11) is 3.77. The molecule has 1 N–H and O–H groups in total. The number of hydrogen-bond donors (Lipinski definition) is 1. The molecule has 1 unspecified atom stereocenters. The minimum atomic E-state index is -0.220. The van der Waals surface area contributed by atoms with Gasteiger partial charge in [-0.2, -0.15) is 0 Å². The smallest absolute Gasteiger partial charge is 0.245 e. The van der Waals surface area contributed by atoms with Crippen LogP contribution in [0.3, 0.4) is 0 Å². The van der Waals surface area contributed by atoms with E-state index >= 15 is 0 Å². The lowest BCUT2D eigenvalue weighted by Gasteiger charge is -2.56.